The molecule has 3 aromatic heterocycles. The Kier molecular flexibility index (Phi) is 10.6. The Labute approximate surface area is 339 Å². The first-order valence-corrected chi connectivity index (χ1v) is 19.7. The number of carbonyl (C=O) groups excluding carboxylic acids is 3. The third-order valence-electron chi connectivity index (χ3n) is 11.1. The first kappa shape index (κ1) is 39.5. The molecule has 13 nitrogen and oxygen atoms in total. The number of pyridine rings is 1. The van der Waals surface area contributed by atoms with E-state index in [4.69, 9.17) is 4.52 Å². The van der Waals surface area contributed by atoms with E-state index < -0.39 is 24.3 Å². The average molecular weight is 802 g/mol. The van der Waals surface area contributed by atoms with E-state index in [1.165, 1.54) is 12.1 Å². The van der Waals surface area contributed by atoms with E-state index in [9.17, 15) is 14.4 Å². The highest BCUT2D eigenvalue weighted by molar-refractivity contribution is 6.01. The summed E-state index contributed by atoms with van der Waals surface area (Å²) in [7, 11) is 0. The van der Waals surface area contributed by atoms with Gasteiger partial charge in [0.05, 0.1) is 18.2 Å². The zero-order valence-corrected chi connectivity index (χ0v) is 33.3. The summed E-state index contributed by atoms with van der Waals surface area (Å²) in [6.07, 6.45) is 2.41. The van der Waals surface area contributed by atoms with Gasteiger partial charge in [-0.2, -0.15) is 18.9 Å². The molecule has 2 fully saturated rings. The standard InChI is InChI=1S/C44H45F2N9O4/c1-26-21-29(5-6-30(26)23-48-41(58)39-50-42(59-53-39)43(2,3)4)37-35-22-31(24-47-38(35)52-51-37)27-9-13-33(14-10-27)55-19-17-54(18-20-55)25-44(45,46)32-11-7-28(8-12-32)34-15-16-36(56)49-40(34)57/h5-14,21-22,24,34H,15-20,23,25H2,1-4H3,(H,48,58)(H,47,51,52)(H,49,56,57). The van der Waals surface area contributed by atoms with Gasteiger partial charge in [-0.1, -0.05) is 74.5 Å². The highest BCUT2D eigenvalue weighted by Gasteiger charge is 2.36. The van der Waals surface area contributed by atoms with E-state index in [-0.39, 0.29) is 35.0 Å². The molecule has 6 aromatic rings. The van der Waals surface area contributed by atoms with Crippen molar-refractivity contribution < 1.29 is 27.7 Å². The fourth-order valence-electron chi connectivity index (χ4n) is 7.57. The minimum absolute atomic E-state index is 0.00122. The van der Waals surface area contributed by atoms with Gasteiger partial charge < -0.3 is 14.7 Å². The van der Waals surface area contributed by atoms with E-state index in [1.54, 1.807) is 23.2 Å². The fourth-order valence-corrected chi connectivity index (χ4v) is 7.57. The molecule has 5 heterocycles. The number of piperazine rings is 1. The molecule has 15 heteroatoms. The molecule has 1 unspecified atom stereocenters. The molecule has 2 aliphatic heterocycles. The van der Waals surface area contributed by atoms with Crippen molar-refractivity contribution in [2.45, 2.75) is 64.3 Å². The summed E-state index contributed by atoms with van der Waals surface area (Å²) in [6, 6.07) is 22.2. The maximum absolute atomic E-state index is 15.4. The molecule has 0 spiro atoms. The largest absolute Gasteiger partial charge is 0.369 e. The van der Waals surface area contributed by atoms with Crippen LogP contribution in [0, 0.1) is 6.92 Å². The normalized spacial score (nSPS) is 16.7. The minimum Gasteiger partial charge on any atom is -0.369 e. The number of fused-ring (bicyclic) bond motifs is 1. The highest BCUT2D eigenvalue weighted by Crippen LogP contribution is 2.34. The number of benzene rings is 3. The summed E-state index contributed by atoms with van der Waals surface area (Å²) in [4.78, 5) is 49.3. The zero-order chi connectivity index (χ0) is 41.5. The second-order valence-electron chi connectivity index (χ2n) is 16.3. The molecule has 2 saturated heterocycles. The number of aromatic amines is 1. The second kappa shape index (κ2) is 15.8. The number of alkyl halides is 2. The number of aryl methyl sites for hydroxylation is 1. The van der Waals surface area contributed by atoms with Gasteiger partial charge in [0.15, 0.2) is 5.65 Å². The van der Waals surface area contributed by atoms with Crippen molar-refractivity contribution in [1.29, 1.82) is 0 Å². The van der Waals surface area contributed by atoms with Gasteiger partial charge in [-0.05, 0) is 59.9 Å². The van der Waals surface area contributed by atoms with Crippen LogP contribution in [-0.4, -0.2) is 80.7 Å². The Morgan fingerprint density at radius 1 is 0.932 bits per heavy atom. The average Bonchev–Trinajstić information content (AvgIpc) is 3.90. The molecule has 3 amide bonds. The summed E-state index contributed by atoms with van der Waals surface area (Å²) < 4.78 is 36.1. The molecular formula is C44H45F2N9O4. The number of aromatic nitrogens is 5. The summed E-state index contributed by atoms with van der Waals surface area (Å²) in [5, 5.41) is 17.5. The maximum Gasteiger partial charge on any atom is 0.292 e. The number of carbonyl (C=O) groups is 3. The molecule has 0 saturated carbocycles. The van der Waals surface area contributed by atoms with E-state index in [0.717, 1.165) is 44.6 Å². The van der Waals surface area contributed by atoms with Gasteiger partial charge in [0, 0.05) is 78.5 Å². The Bertz CT molecular complexity index is 2520. The quantitative estimate of drug-likeness (QED) is 0.128. The Morgan fingerprint density at radius 3 is 2.34 bits per heavy atom. The summed E-state index contributed by atoms with van der Waals surface area (Å²) in [6.45, 7) is 9.90. The van der Waals surface area contributed by atoms with Crippen LogP contribution in [0.5, 0.6) is 0 Å². The molecule has 3 N–H and O–H groups in total. The number of anilines is 1. The van der Waals surface area contributed by atoms with Crippen molar-refractivity contribution in [2.75, 3.05) is 37.6 Å². The number of imide groups is 1. The molecule has 1 atom stereocenters. The minimum atomic E-state index is -3.06. The maximum atomic E-state index is 15.4. The number of hydrogen-bond acceptors (Lipinski definition) is 10. The summed E-state index contributed by atoms with van der Waals surface area (Å²) in [5.41, 5.74) is 7.40. The Balaban J connectivity index is 0.873. The van der Waals surface area contributed by atoms with Gasteiger partial charge in [-0.25, -0.2) is 4.98 Å². The van der Waals surface area contributed by atoms with E-state index in [2.05, 4.69) is 46.9 Å². The number of nitrogens with zero attached hydrogens (tertiary/aromatic N) is 6. The molecule has 3 aromatic carbocycles. The molecule has 0 radical (unpaired) electrons. The lowest BCUT2D eigenvalue weighted by molar-refractivity contribution is -0.134. The van der Waals surface area contributed by atoms with Crippen LogP contribution < -0.4 is 15.5 Å². The van der Waals surface area contributed by atoms with Gasteiger partial charge in [0.1, 0.15) is 0 Å². The number of piperidine rings is 1. The molecule has 0 aliphatic carbocycles. The number of halogens is 2. The summed E-state index contributed by atoms with van der Waals surface area (Å²) >= 11 is 0. The first-order chi connectivity index (χ1) is 28.2. The van der Waals surface area contributed by atoms with Gasteiger partial charge in [-0.3, -0.25) is 29.7 Å². The molecule has 2 aliphatic rings. The number of nitrogens with one attached hydrogen (secondary N) is 3. The molecule has 8 rings (SSSR count). The Morgan fingerprint density at radius 2 is 1.66 bits per heavy atom. The van der Waals surface area contributed by atoms with Crippen LogP contribution in [0.1, 0.15) is 78.3 Å². The zero-order valence-electron chi connectivity index (χ0n) is 33.3. The monoisotopic (exact) mass is 801 g/mol. The lowest BCUT2D eigenvalue weighted by Gasteiger charge is -2.37. The van der Waals surface area contributed by atoms with Crippen LogP contribution in [0.4, 0.5) is 14.5 Å². The van der Waals surface area contributed by atoms with Crippen molar-refractivity contribution in [3.05, 3.63) is 113 Å². The van der Waals surface area contributed by atoms with Gasteiger partial charge in [-0.15, -0.1) is 0 Å². The second-order valence-corrected chi connectivity index (χ2v) is 16.3. The molecular weight excluding hydrogens is 757 g/mol. The first-order valence-electron chi connectivity index (χ1n) is 19.7. The third-order valence-corrected chi connectivity index (χ3v) is 11.1. The lowest BCUT2D eigenvalue weighted by Crippen LogP contribution is -2.49. The van der Waals surface area contributed by atoms with Crippen LogP contribution in [0.25, 0.3) is 33.4 Å². The van der Waals surface area contributed by atoms with Crippen molar-refractivity contribution in [1.82, 2.24) is 40.9 Å². The van der Waals surface area contributed by atoms with E-state index in [1.807, 2.05) is 70.2 Å². The van der Waals surface area contributed by atoms with Gasteiger partial charge in [0.2, 0.25) is 17.7 Å². The number of hydrogen-bond donors (Lipinski definition) is 3. The van der Waals surface area contributed by atoms with Crippen molar-refractivity contribution in [2.24, 2.45) is 0 Å². The summed E-state index contributed by atoms with van der Waals surface area (Å²) in [5.74, 6) is -4.27. The SMILES string of the molecule is Cc1cc(-c2[nH]nc3ncc(-c4ccc(N5CCN(CC(F)(F)c6ccc(C7CCC(=O)NC7=O)cc6)CC5)cc4)cc23)ccc1CNC(=O)c1noc(C(C)(C)C)n1. The van der Waals surface area contributed by atoms with Crippen molar-refractivity contribution in [3.63, 3.8) is 0 Å². The fraction of sp³-hybridized carbons (Fsp3) is 0.341. The third kappa shape index (κ3) is 8.46. The van der Waals surface area contributed by atoms with Crippen LogP contribution in [0.2, 0.25) is 0 Å². The van der Waals surface area contributed by atoms with Crippen LogP contribution >= 0.6 is 0 Å². The molecule has 304 valence electrons. The Hall–Kier alpha value is -6.35. The number of amides is 3. The van der Waals surface area contributed by atoms with Crippen molar-refractivity contribution >= 4 is 34.4 Å². The lowest BCUT2D eigenvalue weighted by atomic mass is 9.89. The molecule has 0 bridgehead atoms. The predicted octanol–water partition coefficient (Wildman–Crippen LogP) is 6.65. The topological polar surface area (TPSA) is 162 Å². The number of rotatable bonds is 10. The van der Waals surface area contributed by atoms with Crippen LogP contribution in [-0.2, 0) is 27.5 Å². The van der Waals surface area contributed by atoms with Gasteiger partial charge >= 0.3 is 0 Å². The highest BCUT2D eigenvalue weighted by atomic mass is 19.3. The number of H-pyrrole nitrogens is 1. The van der Waals surface area contributed by atoms with E-state index >= 15 is 8.78 Å². The van der Waals surface area contributed by atoms with Crippen molar-refractivity contribution in [3.8, 4) is 22.4 Å². The van der Waals surface area contributed by atoms with Gasteiger partial charge in [0.25, 0.3) is 17.7 Å². The molecule has 59 heavy (non-hydrogen) atoms. The predicted molar refractivity (Wildman–Crippen MR) is 218 cm³/mol. The van der Waals surface area contributed by atoms with E-state index in [0.29, 0.717) is 56.2 Å². The van der Waals surface area contributed by atoms with Crippen LogP contribution in [0.3, 0.4) is 0 Å². The van der Waals surface area contributed by atoms with Crippen LogP contribution in [0.15, 0.2) is 83.5 Å². The smallest absolute Gasteiger partial charge is 0.292 e.